The summed E-state index contributed by atoms with van der Waals surface area (Å²) in [6.07, 6.45) is -1.16. The number of rotatable bonds is 5. The van der Waals surface area contributed by atoms with Crippen LogP contribution in [0.1, 0.15) is 55.5 Å². The topological polar surface area (TPSA) is 66.8 Å². The van der Waals surface area contributed by atoms with Crippen molar-refractivity contribution in [1.29, 1.82) is 0 Å². The largest absolute Gasteiger partial charge is 0.440 e. The summed E-state index contributed by atoms with van der Waals surface area (Å²) in [5.41, 5.74) is 1.09. The second-order valence-electron chi connectivity index (χ2n) is 9.18. The predicted octanol–water partition coefficient (Wildman–Crippen LogP) is 5.21. The molecule has 1 heterocycles. The summed E-state index contributed by atoms with van der Waals surface area (Å²) in [7, 11) is 0. The molecule has 0 atom stereocenters. The number of hydrogen-bond acceptors (Lipinski definition) is 4. The first-order valence-electron chi connectivity index (χ1n) is 10.8. The minimum absolute atomic E-state index is 0.0718. The fraction of sp³-hybridized carbons (Fsp3) is 0.440. The van der Waals surface area contributed by atoms with Gasteiger partial charge in [-0.25, -0.2) is 13.6 Å². The van der Waals surface area contributed by atoms with Crippen molar-refractivity contribution in [2.45, 2.75) is 63.2 Å². The van der Waals surface area contributed by atoms with E-state index in [0.717, 1.165) is 16.7 Å². The van der Waals surface area contributed by atoms with Crippen molar-refractivity contribution in [2.75, 3.05) is 6.54 Å². The molecule has 0 radical (unpaired) electrons. The summed E-state index contributed by atoms with van der Waals surface area (Å²) >= 11 is 0. The molecule has 1 saturated heterocycles. The highest BCUT2D eigenvalue weighted by molar-refractivity contribution is 5.99. The van der Waals surface area contributed by atoms with Crippen molar-refractivity contribution >= 4 is 11.9 Å². The van der Waals surface area contributed by atoms with Crippen LogP contribution in [0, 0.1) is 0 Å². The molecule has 1 aliphatic heterocycles. The number of ether oxygens (including phenoxy) is 1. The number of aliphatic hydroxyl groups is 1. The van der Waals surface area contributed by atoms with E-state index in [0.29, 0.717) is 5.56 Å². The maximum absolute atomic E-state index is 13.7. The first kappa shape index (κ1) is 22.4. The molecule has 2 aromatic carbocycles. The van der Waals surface area contributed by atoms with E-state index in [9.17, 15) is 23.5 Å². The number of Topliss-reactive ketones (excluding diaryl/α,β-unsaturated/α-hetero) is 1. The van der Waals surface area contributed by atoms with Gasteiger partial charge in [0.1, 0.15) is 5.60 Å². The highest BCUT2D eigenvalue weighted by Gasteiger charge is 2.62. The Bertz CT molecular complexity index is 1020. The number of benzene rings is 2. The molecule has 1 aliphatic carbocycles. The van der Waals surface area contributed by atoms with Crippen LogP contribution in [0.3, 0.4) is 0 Å². The molecule has 0 unspecified atom stereocenters. The standard InChI is InChI=1S/C25H27F2NO4/c1-23(2)24(11-13-25(26,27)14-12-24)32-22(31)28(23)15-21(30)18-9-7-17(8-10-18)20-6-4-3-5-19(20)16-29/h3-10,29H,11-16H2,1-2H3. The van der Waals surface area contributed by atoms with Crippen molar-refractivity contribution in [2.24, 2.45) is 0 Å². The summed E-state index contributed by atoms with van der Waals surface area (Å²) in [6, 6.07) is 14.5. The Kier molecular flexibility index (Phi) is 5.57. The van der Waals surface area contributed by atoms with Crippen LogP contribution in [0.15, 0.2) is 48.5 Å². The van der Waals surface area contributed by atoms with Crippen LogP contribution < -0.4 is 0 Å². The Hall–Kier alpha value is -2.80. The zero-order valence-electron chi connectivity index (χ0n) is 18.2. The minimum atomic E-state index is -2.74. The van der Waals surface area contributed by atoms with Gasteiger partial charge in [0.25, 0.3) is 0 Å². The molecule has 0 aromatic heterocycles. The lowest BCUT2D eigenvalue weighted by atomic mass is 9.71. The Balaban J connectivity index is 1.51. The molecule has 1 saturated carbocycles. The Labute approximate surface area is 186 Å². The van der Waals surface area contributed by atoms with Crippen LogP contribution in [0.5, 0.6) is 0 Å². The second-order valence-corrected chi connectivity index (χ2v) is 9.18. The molecule has 2 fully saturated rings. The number of halogens is 2. The average Bonchev–Trinajstić information content (AvgIpc) is 2.96. The van der Waals surface area contributed by atoms with Gasteiger partial charge in [-0.15, -0.1) is 0 Å². The van der Waals surface area contributed by atoms with Gasteiger partial charge in [0.2, 0.25) is 5.92 Å². The number of carbonyl (C=O) groups is 2. The molecule has 5 nitrogen and oxygen atoms in total. The molecule has 4 rings (SSSR count). The summed E-state index contributed by atoms with van der Waals surface area (Å²) in [5, 5.41) is 9.54. The summed E-state index contributed by atoms with van der Waals surface area (Å²) < 4.78 is 33.0. The Morgan fingerprint density at radius 2 is 1.66 bits per heavy atom. The van der Waals surface area contributed by atoms with Gasteiger partial charge in [0.15, 0.2) is 5.78 Å². The van der Waals surface area contributed by atoms with Gasteiger partial charge in [0.05, 0.1) is 18.7 Å². The van der Waals surface area contributed by atoms with Gasteiger partial charge in [-0.3, -0.25) is 9.69 Å². The molecule has 2 aromatic rings. The van der Waals surface area contributed by atoms with Crippen molar-refractivity contribution in [1.82, 2.24) is 4.90 Å². The maximum Gasteiger partial charge on any atom is 0.411 e. The quantitative estimate of drug-likeness (QED) is 0.645. The van der Waals surface area contributed by atoms with Gasteiger partial charge in [-0.05, 0) is 43.4 Å². The predicted molar refractivity (Wildman–Crippen MR) is 116 cm³/mol. The lowest BCUT2D eigenvalue weighted by Gasteiger charge is -2.45. The van der Waals surface area contributed by atoms with Crippen molar-refractivity contribution in [3.8, 4) is 11.1 Å². The third-order valence-corrected chi connectivity index (χ3v) is 7.09. The van der Waals surface area contributed by atoms with Crippen LogP contribution in [0.4, 0.5) is 13.6 Å². The molecule has 1 spiro atoms. The second kappa shape index (κ2) is 7.96. The van der Waals surface area contributed by atoms with E-state index < -0.39 is 23.2 Å². The van der Waals surface area contributed by atoms with Crippen molar-refractivity contribution in [3.63, 3.8) is 0 Å². The molecule has 1 amide bonds. The van der Waals surface area contributed by atoms with Crippen LogP contribution in [0.2, 0.25) is 0 Å². The molecule has 2 aliphatic rings. The maximum atomic E-state index is 13.7. The number of ketones is 1. The van der Waals surface area contributed by atoms with Gasteiger partial charge in [-0.1, -0.05) is 48.5 Å². The fourth-order valence-electron chi connectivity index (χ4n) is 4.83. The van der Waals surface area contributed by atoms with Crippen molar-refractivity contribution < 1.29 is 28.2 Å². The van der Waals surface area contributed by atoms with E-state index in [1.165, 1.54) is 4.90 Å². The first-order valence-corrected chi connectivity index (χ1v) is 10.8. The molecular formula is C25H27F2NO4. The Morgan fingerprint density at radius 3 is 2.28 bits per heavy atom. The fourth-order valence-corrected chi connectivity index (χ4v) is 4.83. The van der Waals surface area contributed by atoms with Gasteiger partial charge >= 0.3 is 6.09 Å². The van der Waals surface area contributed by atoms with Crippen LogP contribution in [0.25, 0.3) is 11.1 Å². The highest BCUT2D eigenvalue weighted by atomic mass is 19.3. The lowest BCUT2D eigenvalue weighted by Crippen LogP contribution is -2.57. The number of alkyl halides is 2. The van der Waals surface area contributed by atoms with Gasteiger partial charge < -0.3 is 9.84 Å². The molecule has 1 N–H and O–H groups in total. The third-order valence-electron chi connectivity index (χ3n) is 7.09. The SMILES string of the molecule is CC1(C)N(CC(=O)c2ccc(-c3ccccc3CO)cc2)C(=O)OC12CCC(F)(F)CC2. The molecule has 7 heteroatoms. The van der Waals surface area contributed by atoms with E-state index in [4.69, 9.17) is 4.74 Å². The normalized spacial score (nSPS) is 20.9. The monoisotopic (exact) mass is 443 g/mol. The highest BCUT2D eigenvalue weighted by Crippen LogP contribution is 2.51. The number of nitrogens with zero attached hydrogens (tertiary/aromatic N) is 1. The number of hydrogen-bond donors (Lipinski definition) is 1. The summed E-state index contributed by atoms with van der Waals surface area (Å²) in [5.74, 6) is -3.00. The molecule has 32 heavy (non-hydrogen) atoms. The third kappa shape index (κ3) is 3.79. The van der Waals surface area contributed by atoms with E-state index in [2.05, 4.69) is 0 Å². The number of amides is 1. The minimum Gasteiger partial charge on any atom is -0.440 e. The average molecular weight is 443 g/mol. The lowest BCUT2D eigenvalue weighted by molar-refractivity contribution is -0.115. The first-order chi connectivity index (χ1) is 15.1. The van der Waals surface area contributed by atoms with E-state index in [-0.39, 0.29) is 44.6 Å². The molecular weight excluding hydrogens is 416 g/mol. The van der Waals surface area contributed by atoms with Crippen LogP contribution in [-0.2, 0) is 11.3 Å². The molecule has 0 bridgehead atoms. The van der Waals surface area contributed by atoms with Crippen LogP contribution in [-0.4, -0.2) is 45.5 Å². The van der Waals surface area contributed by atoms with Gasteiger partial charge in [-0.2, -0.15) is 0 Å². The smallest absolute Gasteiger partial charge is 0.411 e. The number of carbonyl (C=O) groups excluding carboxylic acids is 2. The van der Waals surface area contributed by atoms with E-state index in [1.807, 2.05) is 24.3 Å². The molecule has 170 valence electrons. The van der Waals surface area contributed by atoms with E-state index >= 15 is 0 Å². The van der Waals surface area contributed by atoms with Crippen molar-refractivity contribution in [3.05, 3.63) is 59.7 Å². The zero-order valence-corrected chi connectivity index (χ0v) is 18.2. The number of aliphatic hydroxyl groups excluding tert-OH is 1. The zero-order chi connectivity index (χ0) is 23.1. The summed E-state index contributed by atoms with van der Waals surface area (Å²) in [4.78, 5) is 27.0. The Morgan fingerprint density at radius 1 is 1.03 bits per heavy atom. The summed E-state index contributed by atoms with van der Waals surface area (Å²) in [6.45, 7) is 3.29. The van der Waals surface area contributed by atoms with Crippen LogP contribution >= 0.6 is 0 Å². The van der Waals surface area contributed by atoms with Gasteiger partial charge in [0, 0.05) is 18.4 Å². The van der Waals surface area contributed by atoms with E-state index in [1.54, 1.807) is 38.1 Å².